The van der Waals surface area contributed by atoms with E-state index in [1.807, 2.05) is 18.2 Å². The molecule has 2 aromatic rings. The Bertz CT molecular complexity index is 592. The van der Waals surface area contributed by atoms with E-state index >= 15 is 0 Å². The van der Waals surface area contributed by atoms with Crippen molar-refractivity contribution in [2.24, 2.45) is 0 Å². The summed E-state index contributed by atoms with van der Waals surface area (Å²) in [6.45, 7) is 6.92. The summed E-state index contributed by atoms with van der Waals surface area (Å²) in [5.74, 6) is 0.698. The number of rotatable bonds is 4. The van der Waals surface area contributed by atoms with Gasteiger partial charge in [-0.3, -0.25) is 0 Å². The fourth-order valence-corrected chi connectivity index (χ4v) is 3.14. The lowest BCUT2D eigenvalue weighted by Gasteiger charge is -2.14. The van der Waals surface area contributed by atoms with Crippen LogP contribution >= 0.6 is 38.9 Å². The van der Waals surface area contributed by atoms with Crippen LogP contribution in [0.2, 0.25) is 5.02 Å². The minimum atomic E-state index is 0.0733. The third-order valence-electron chi connectivity index (χ3n) is 2.82. The highest BCUT2D eigenvalue weighted by atomic mass is 79.9. The van der Waals surface area contributed by atoms with Crippen LogP contribution < -0.4 is 4.74 Å². The first-order valence-corrected chi connectivity index (χ1v) is 8.70. The summed E-state index contributed by atoms with van der Waals surface area (Å²) in [5, 5.41) is 4.48. The topological polar surface area (TPSA) is 22.1 Å². The van der Waals surface area contributed by atoms with Gasteiger partial charge in [-0.25, -0.2) is 4.98 Å². The summed E-state index contributed by atoms with van der Waals surface area (Å²) in [6, 6.07) is 5.81. The van der Waals surface area contributed by atoms with Gasteiger partial charge in [0, 0.05) is 16.1 Å². The van der Waals surface area contributed by atoms with Crippen molar-refractivity contribution in [3.05, 3.63) is 44.9 Å². The first-order chi connectivity index (χ1) is 9.40. The summed E-state index contributed by atoms with van der Waals surface area (Å²) in [7, 11) is 0. The van der Waals surface area contributed by atoms with Crippen molar-refractivity contribution in [2.75, 3.05) is 0 Å². The minimum absolute atomic E-state index is 0.0733. The maximum atomic E-state index is 6.19. The molecule has 0 saturated heterocycles. The normalized spacial score (nSPS) is 11.7. The van der Waals surface area contributed by atoms with Crippen molar-refractivity contribution in [1.29, 1.82) is 0 Å². The fourth-order valence-electron chi connectivity index (χ4n) is 1.61. The lowest BCUT2D eigenvalue weighted by atomic mass is 9.93. The van der Waals surface area contributed by atoms with Crippen molar-refractivity contribution in [3.63, 3.8) is 0 Å². The van der Waals surface area contributed by atoms with E-state index in [0.29, 0.717) is 17.4 Å². The first kappa shape index (κ1) is 15.8. The molecule has 0 aliphatic carbocycles. The van der Waals surface area contributed by atoms with Gasteiger partial charge >= 0.3 is 0 Å². The van der Waals surface area contributed by atoms with Gasteiger partial charge in [-0.2, -0.15) is 0 Å². The van der Waals surface area contributed by atoms with Crippen molar-refractivity contribution in [3.8, 4) is 5.75 Å². The lowest BCUT2D eigenvalue weighted by molar-refractivity contribution is 0.305. The maximum Gasteiger partial charge on any atom is 0.140 e. The number of alkyl halides is 1. The average molecular weight is 375 g/mol. The molecule has 1 aromatic heterocycles. The highest BCUT2D eigenvalue weighted by Gasteiger charge is 2.17. The van der Waals surface area contributed by atoms with Gasteiger partial charge in [-0.15, -0.1) is 11.3 Å². The van der Waals surface area contributed by atoms with Crippen LogP contribution in [0, 0.1) is 0 Å². The van der Waals surface area contributed by atoms with Crippen molar-refractivity contribution in [1.82, 2.24) is 4.98 Å². The number of halogens is 2. The number of ether oxygens (including phenoxy) is 1. The number of nitrogens with zero attached hydrogens (tertiary/aromatic N) is 1. The number of hydrogen-bond donors (Lipinski definition) is 0. The van der Waals surface area contributed by atoms with E-state index in [2.05, 4.69) is 47.1 Å². The Kier molecular flexibility index (Phi) is 5.10. The smallest absolute Gasteiger partial charge is 0.140 e. The van der Waals surface area contributed by atoms with E-state index in [1.54, 1.807) is 11.3 Å². The Hall–Kier alpha value is -0.580. The number of aromatic nitrogens is 1. The molecule has 0 amide bonds. The zero-order valence-electron chi connectivity index (χ0n) is 11.7. The molecule has 0 bridgehead atoms. The van der Waals surface area contributed by atoms with E-state index in [0.717, 1.165) is 21.6 Å². The van der Waals surface area contributed by atoms with Crippen LogP contribution in [-0.2, 0) is 17.4 Å². The molecule has 0 spiro atoms. The zero-order valence-corrected chi connectivity index (χ0v) is 14.9. The Balaban J connectivity index is 2.04. The van der Waals surface area contributed by atoms with Crippen molar-refractivity contribution < 1.29 is 4.74 Å². The second-order valence-corrected chi connectivity index (χ2v) is 7.47. The lowest BCUT2D eigenvalue weighted by Crippen LogP contribution is -2.11. The minimum Gasteiger partial charge on any atom is -0.485 e. The fraction of sp³-hybridized carbons (Fsp3) is 0.400. The molecule has 0 aliphatic rings. The number of hydrogen-bond acceptors (Lipinski definition) is 3. The van der Waals surface area contributed by atoms with Crippen LogP contribution in [0.4, 0.5) is 0 Å². The number of benzene rings is 1. The molecule has 108 valence electrons. The predicted molar refractivity (Wildman–Crippen MR) is 89.2 cm³/mol. The molecule has 0 aliphatic heterocycles. The maximum absolute atomic E-state index is 6.19. The standard InChI is InChI=1S/C15H17BrClNOS/c1-15(2,3)13-9-20-14(18-13)8-19-12-5-4-10(7-16)6-11(12)17/h4-6,9H,7-8H2,1-3H3. The van der Waals surface area contributed by atoms with E-state index in [4.69, 9.17) is 16.3 Å². The second kappa shape index (κ2) is 6.46. The Morgan fingerprint density at radius 2 is 2.10 bits per heavy atom. The molecule has 0 atom stereocenters. The molecule has 2 nitrogen and oxygen atoms in total. The van der Waals surface area contributed by atoms with Gasteiger partial charge in [0.1, 0.15) is 17.4 Å². The molecule has 0 unspecified atom stereocenters. The van der Waals surface area contributed by atoms with Crippen LogP contribution in [0.5, 0.6) is 5.75 Å². The molecular weight excluding hydrogens is 358 g/mol. The van der Waals surface area contributed by atoms with Gasteiger partial charge in [0.2, 0.25) is 0 Å². The van der Waals surface area contributed by atoms with Gasteiger partial charge in [-0.1, -0.05) is 54.4 Å². The van der Waals surface area contributed by atoms with E-state index in [1.165, 1.54) is 0 Å². The Morgan fingerprint density at radius 3 is 2.65 bits per heavy atom. The van der Waals surface area contributed by atoms with Crippen molar-refractivity contribution in [2.45, 2.75) is 38.1 Å². The molecule has 1 heterocycles. The summed E-state index contributed by atoms with van der Waals surface area (Å²) in [6.07, 6.45) is 0. The van der Waals surface area contributed by atoms with Gasteiger partial charge in [0.15, 0.2) is 0 Å². The van der Waals surface area contributed by atoms with Crippen LogP contribution in [0.15, 0.2) is 23.6 Å². The largest absolute Gasteiger partial charge is 0.485 e. The molecular formula is C15H17BrClNOS. The van der Waals surface area contributed by atoms with E-state index in [9.17, 15) is 0 Å². The molecule has 20 heavy (non-hydrogen) atoms. The molecule has 0 fully saturated rings. The predicted octanol–water partition coefficient (Wildman–Crippen LogP) is 5.57. The summed E-state index contributed by atoms with van der Waals surface area (Å²) >= 11 is 11.2. The third-order valence-corrected chi connectivity index (χ3v) is 4.59. The average Bonchev–Trinajstić information content (AvgIpc) is 2.86. The molecule has 1 aromatic carbocycles. The molecule has 0 saturated carbocycles. The highest BCUT2D eigenvalue weighted by molar-refractivity contribution is 9.08. The molecule has 0 N–H and O–H groups in total. The van der Waals surface area contributed by atoms with Crippen LogP contribution in [0.1, 0.15) is 37.0 Å². The molecule has 5 heteroatoms. The number of thiazole rings is 1. The first-order valence-electron chi connectivity index (χ1n) is 6.32. The third kappa shape index (κ3) is 3.96. The highest BCUT2D eigenvalue weighted by Crippen LogP contribution is 2.28. The van der Waals surface area contributed by atoms with Crippen LogP contribution in [-0.4, -0.2) is 4.98 Å². The van der Waals surface area contributed by atoms with Crippen molar-refractivity contribution >= 4 is 38.9 Å². The Morgan fingerprint density at radius 1 is 1.35 bits per heavy atom. The van der Waals surface area contributed by atoms with Gasteiger partial charge in [-0.05, 0) is 17.7 Å². The van der Waals surface area contributed by atoms with Crippen LogP contribution in [0.25, 0.3) is 0 Å². The van der Waals surface area contributed by atoms with Gasteiger partial charge < -0.3 is 4.74 Å². The summed E-state index contributed by atoms with van der Waals surface area (Å²) in [5.41, 5.74) is 2.30. The Labute approximate surface area is 137 Å². The van der Waals surface area contributed by atoms with Crippen LogP contribution in [0.3, 0.4) is 0 Å². The molecule has 0 radical (unpaired) electrons. The van der Waals surface area contributed by atoms with Gasteiger partial charge in [0.25, 0.3) is 0 Å². The van der Waals surface area contributed by atoms with Gasteiger partial charge in [0.05, 0.1) is 10.7 Å². The monoisotopic (exact) mass is 373 g/mol. The quantitative estimate of drug-likeness (QED) is 0.653. The van der Waals surface area contributed by atoms with E-state index in [-0.39, 0.29) is 5.41 Å². The zero-order chi connectivity index (χ0) is 14.8. The molecule has 2 rings (SSSR count). The van der Waals surface area contributed by atoms with E-state index < -0.39 is 0 Å². The summed E-state index contributed by atoms with van der Waals surface area (Å²) < 4.78 is 5.75. The SMILES string of the molecule is CC(C)(C)c1csc(COc2ccc(CBr)cc2Cl)n1. The summed E-state index contributed by atoms with van der Waals surface area (Å²) in [4.78, 5) is 4.60. The second-order valence-electron chi connectivity index (χ2n) is 5.56.